The number of phenolic OH excluding ortho intramolecular Hbond substituents is 5. The Hall–Kier alpha value is -8.15. The van der Waals surface area contributed by atoms with Crippen LogP contribution in [-0.2, 0) is 24.8 Å². The summed E-state index contributed by atoms with van der Waals surface area (Å²) in [6.45, 7) is 7.08. The monoisotopic (exact) mass is 1720 g/mol. The SMILES string of the molecule is CC(C)(C)c1ccc(Cc2ccc(Cl)cc2Cl)cc1.COc1c(Sc2cc(Cl)cc([N+](=O)[O-])c2O)cc(Cl)cc1[N+](=O)[O-].COc1ccc(Cl)cc1Sc1cc(Cl)ccc1O.O=C(NCc1ccccc1)c1cc(Br)cc(Br)c1O.O=[N+]([O-])c1cc(Cl)cc(Cc2cc(Cl)cc([N+](=O)[O-])c2O)c1O. The fourth-order valence-electron chi connectivity index (χ4n) is 8.94. The second-order valence-electron chi connectivity index (χ2n) is 22.2. The van der Waals surface area contributed by atoms with Gasteiger partial charge < -0.3 is 40.3 Å². The predicted molar refractivity (Wildman–Crippen MR) is 412 cm³/mol. The Kier molecular flexibility index (Phi) is 31.4. The van der Waals surface area contributed by atoms with Gasteiger partial charge in [-0.25, -0.2) is 0 Å². The molecule has 10 aromatic rings. The van der Waals surface area contributed by atoms with Crippen LogP contribution in [0.25, 0.3) is 0 Å². The topological polar surface area (TPSA) is 321 Å². The summed E-state index contributed by atoms with van der Waals surface area (Å²) >= 11 is 55.9. The fourth-order valence-corrected chi connectivity index (χ4v) is 14.3. The zero-order valence-corrected chi connectivity index (χ0v) is 64.8. The highest BCUT2D eigenvalue weighted by molar-refractivity contribution is 9.11. The van der Waals surface area contributed by atoms with Crippen molar-refractivity contribution in [2.24, 2.45) is 0 Å². The van der Waals surface area contributed by atoms with Crippen molar-refractivity contribution in [1.82, 2.24) is 5.32 Å². The van der Waals surface area contributed by atoms with E-state index in [2.05, 4.69) is 82.2 Å². The number of nitro benzene ring substituents is 4. The van der Waals surface area contributed by atoms with Gasteiger partial charge in [-0.05, 0) is 135 Å². The highest BCUT2D eigenvalue weighted by atomic mass is 79.9. The molecule has 6 N–H and O–H groups in total. The minimum atomic E-state index is -0.814. The highest BCUT2D eigenvalue weighted by Crippen LogP contribution is 2.49. The Morgan fingerprint density at radius 3 is 1.45 bits per heavy atom. The van der Waals surface area contributed by atoms with Crippen LogP contribution in [0.3, 0.4) is 0 Å². The molecule has 538 valence electrons. The zero-order chi connectivity index (χ0) is 76.3. The summed E-state index contributed by atoms with van der Waals surface area (Å²) in [4.78, 5) is 54.4. The van der Waals surface area contributed by atoms with E-state index in [1.165, 1.54) is 54.3 Å². The summed E-state index contributed by atoms with van der Waals surface area (Å²) < 4.78 is 11.5. The van der Waals surface area contributed by atoms with Crippen LogP contribution in [0.15, 0.2) is 198 Å². The predicted octanol–water partition coefficient (Wildman–Crippen LogP) is 23.1. The first-order valence-corrected chi connectivity index (χ1v) is 35.4. The highest BCUT2D eigenvalue weighted by Gasteiger charge is 2.27. The molecule has 0 aliphatic heterocycles. The third-order valence-corrected chi connectivity index (χ3v) is 19.1. The van der Waals surface area contributed by atoms with E-state index in [4.69, 9.17) is 102 Å². The fraction of sp³-hybridized carbons (Fsp3) is 0.129. The number of carbonyl (C=O) groups is 1. The van der Waals surface area contributed by atoms with E-state index in [1.807, 2.05) is 42.5 Å². The Balaban J connectivity index is 0.000000203. The summed E-state index contributed by atoms with van der Waals surface area (Å²) in [7, 11) is 2.83. The molecule has 0 saturated heterocycles. The number of hydrogen-bond acceptors (Lipinski definition) is 18. The molecule has 0 aromatic heterocycles. The second kappa shape index (κ2) is 38.6. The molecule has 0 unspecified atom stereocenters. The Morgan fingerprint density at radius 2 is 0.932 bits per heavy atom. The molecule has 103 heavy (non-hydrogen) atoms. The first kappa shape index (κ1) is 83.8. The maximum absolute atomic E-state index is 12.0. The number of methoxy groups -OCH3 is 2. The largest absolute Gasteiger partial charge is 0.507 e. The summed E-state index contributed by atoms with van der Waals surface area (Å²) in [6, 6.07) is 46.7. The number of carbonyl (C=O) groups excluding carboxylic acids is 1. The molecule has 33 heteroatoms. The lowest BCUT2D eigenvalue weighted by Gasteiger charge is -2.19. The molecular weight excluding hydrogens is 1670 g/mol. The average molecular weight is 1730 g/mol. The van der Waals surface area contributed by atoms with E-state index in [1.54, 1.807) is 61.7 Å². The van der Waals surface area contributed by atoms with Crippen LogP contribution in [0.1, 0.15) is 64.5 Å². The number of phenols is 5. The molecule has 0 spiro atoms. The Morgan fingerprint density at radius 1 is 0.466 bits per heavy atom. The van der Waals surface area contributed by atoms with Crippen molar-refractivity contribution in [3.05, 3.63) is 298 Å². The first-order valence-electron chi connectivity index (χ1n) is 29.2. The van der Waals surface area contributed by atoms with E-state index in [9.17, 15) is 70.8 Å². The lowest BCUT2D eigenvalue weighted by atomic mass is 9.86. The van der Waals surface area contributed by atoms with Gasteiger partial charge in [0.25, 0.3) is 5.91 Å². The van der Waals surface area contributed by atoms with Gasteiger partial charge in [-0.1, -0.05) is 214 Å². The first-order chi connectivity index (χ1) is 48.5. The van der Waals surface area contributed by atoms with E-state index in [0.29, 0.717) is 36.7 Å². The number of hydrogen-bond donors (Lipinski definition) is 6. The Bertz CT molecular complexity index is 4730. The molecular formula is C70H55Br2Cl8N5O16S2. The van der Waals surface area contributed by atoms with Crippen molar-refractivity contribution in [2.45, 2.75) is 65.2 Å². The number of rotatable bonds is 17. The third-order valence-electron chi connectivity index (χ3n) is 13.9. The van der Waals surface area contributed by atoms with Gasteiger partial charge in [0.15, 0.2) is 11.5 Å². The van der Waals surface area contributed by atoms with Crippen LogP contribution in [0.5, 0.6) is 40.2 Å². The number of ether oxygens (including phenoxy) is 2. The molecule has 0 heterocycles. The van der Waals surface area contributed by atoms with Crippen LogP contribution in [0.4, 0.5) is 22.7 Å². The van der Waals surface area contributed by atoms with E-state index < -0.39 is 54.0 Å². The standard InChI is InChI=1S/C17H18Cl2.C14H11Br2NO2.C13H8Cl2N2O6S.C13H8Cl2N2O6.C13H10Cl2O2S/c1-17(2,3)14-7-4-12(5-8-14)10-13-6-9-15(18)11-16(13)19;15-10-6-11(13(18)12(16)7-10)14(19)17-8-9-4-2-1-3-5-9;1-23-13-9(17(21)22)3-7(15)5-11(13)24-10-4-6(14)2-8(12(10)18)16(19)20;14-8-2-6(12(18)10(4-8)16(20)21)1-7-3-9(15)5-11(13(7)19)17(22)23;1-17-11-5-3-9(15)7-13(11)18-12-6-8(14)2-4-10(12)16/h4-9,11H,10H2,1-3H3;1-7,18H,8H2,(H,17,19);2-5,18H,1H3;2-5,18-19H,1H2;2-7,16H,1H3. The van der Waals surface area contributed by atoms with E-state index in [-0.39, 0.29) is 87.3 Å². The molecule has 0 aliphatic rings. The maximum atomic E-state index is 12.0. The van der Waals surface area contributed by atoms with Gasteiger partial charge in [0.1, 0.15) is 17.2 Å². The number of amides is 1. The Labute approximate surface area is 654 Å². The van der Waals surface area contributed by atoms with Gasteiger partial charge in [-0.3, -0.25) is 45.3 Å². The normalized spacial score (nSPS) is 10.6. The molecule has 0 bridgehead atoms. The van der Waals surface area contributed by atoms with Gasteiger partial charge in [0.05, 0.1) is 63.5 Å². The van der Waals surface area contributed by atoms with Crippen molar-refractivity contribution in [1.29, 1.82) is 0 Å². The van der Waals surface area contributed by atoms with Crippen molar-refractivity contribution in [3.63, 3.8) is 0 Å². The molecule has 0 fully saturated rings. The number of nitrogens with one attached hydrogen (secondary N) is 1. The van der Waals surface area contributed by atoms with Crippen molar-refractivity contribution in [2.75, 3.05) is 14.2 Å². The number of aromatic hydroxyl groups is 5. The second-order valence-corrected chi connectivity index (χ2v) is 29.6. The van der Waals surface area contributed by atoms with Gasteiger partial charge in [0.2, 0.25) is 11.5 Å². The van der Waals surface area contributed by atoms with E-state index >= 15 is 0 Å². The van der Waals surface area contributed by atoms with Gasteiger partial charge in [0, 0.05) is 93.0 Å². The quantitative estimate of drug-likeness (QED) is 0.0364. The molecule has 0 radical (unpaired) electrons. The van der Waals surface area contributed by atoms with Gasteiger partial charge >= 0.3 is 22.7 Å². The zero-order valence-electron chi connectivity index (χ0n) is 53.9. The maximum Gasteiger partial charge on any atom is 0.313 e. The molecule has 0 atom stereocenters. The molecule has 10 rings (SSSR count). The summed E-state index contributed by atoms with van der Waals surface area (Å²) in [5.41, 5.74) is 3.02. The van der Waals surface area contributed by atoms with Crippen LogP contribution in [-0.4, -0.2) is 65.4 Å². The van der Waals surface area contributed by atoms with Crippen molar-refractivity contribution >= 4 is 177 Å². The number of benzene rings is 10. The molecule has 0 saturated carbocycles. The molecule has 10 aromatic carbocycles. The number of halogens is 10. The molecule has 0 aliphatic carbocycles. The lowest BCUT2D eigenvalue weighted by Crippen LogP contribution is -2.22. The minimum Gasteiger partial charge on any atom is -0.507 e. The smallest absolute Gasteiger partial charge is 0.313 e. The minimum absolute atomic E-state index is 0.000479. The van der Waals surface area contributed by atoms with Crippen molar-refractivity contribution < 1.29 is 59.5 Å². The van der Waals surface area contributed by atoms with Crippen LogP contribution in [0.2, 0.25) is 40.2 Å². The number of nitro groups is 4. The molecule has 1 amide bonds. The van der Waals surface area contributed by atoms with Gasteiger partial charge in [-0.2, -0.15) is 0 Å². The average Bonchev–Trinajstić information content (AvgIpc) is 0.786. The van der Waals surface area contributed by atoms with Gasteiger partial charge in [-0.15, -0.1) is 0 Å². The van der Waals surface area contributed by atoms with Crippen molar-refractivity contribution in [3.8, 4) is 40.2 Å². The van der Waals surface area contributed by atoms with Crippen LogP contribution >= 0.6 is 148 Å². The summed E-state index contributed by atoms with van der Waals surface area (Å²) in [6.07, 6.45) is 0.598. The lowest BCUT2D eigenvalue weighted by molar-refractivity contribution is -0.386. The molecule has 21 nitrogen and oxygen atoms in total. The number of nitrogens with zero attached hydrogens (tertiary/aromatic N) is 4. The summed E-state index contributed by atoms with van der Waals surface area (Å²) in [5.74, 6) is -1.48. The van der Waals surface area contributed by atoms with E-state index in [0.717, 1.165) is 68.0 Å². The third kappa shape index (κ3) is 24.5. The van der Waals surface area contributed by atoms with Crippen LogP contribution < -0.4 is 14.8 Å². The van der Waals surface area contributed by atoms with Crippen LogP contribution in [0, 0.1) is 40.5 Å². The summed E-state index contributed by atoms with van der Waals surface area (Å²) in [5, 5.41) is 98.8.